The minimum absolute atomic E-state index is 0.0203. The molecule has 36 heavy (non-hydrogen) atoms. The predicted octanol–water partition coefficient (Wildman–Crippen LogP) is 5.54. The highest BCUT2D eigenvalue weighted by atomic mass is 35.5. The van der Waals surface area contributed by atoms with E-state index < -0.39 is 0 Å². The molecular weight excluding hydrogens is 478 g/mol. The molecule has 0 bridgehead atoms. The van der Waals surface area contributed by atoms with Crippen LogP contribution < -0.4 is 9.47 Å². The molecule has 1 aliphatic heterocycles. The number of hydrogen-bond donors (Lipinski definition) is 1. The zero-order valence-corrected chi connectivity index (χ0v) is 21.0. The van der Waals surface area contributed by atoms with Crippen LogP contribution in [-0.4, -0.2) is 47.2 Å². The minimum atomic E-state index is -0.105. The summed E-state index contributed by atoms with van der Waals surface area (Å²) in [6.07, 6.45) is 4.37. The van der Waals surface area contributed by atoms with Crippen LogP contribution in [0.5, 0.6) is 11.5 Å². The van der Waals surface area contributed by atoms with Crippen LogP contribution in [0.1, 0.15) is 33.6 Å². The molecule has 1 N–H and O–H groups in total. The van der Waals surface area contributed by atoms with E-state index in [1.807, 2.05) is 55.5 Å². The molecule has 7 nitrogen and oxygen atoms in total. The molecule has 8 heteroatoms. The number of carbonyl (C=O) groups is 1. The van der Waals surface area contributed by atoms with Gasteiger partial charge in [0.2, 0.25) is 0 Å². The number of halogens is 1. The summed E-state index contributed by atoms with van der Waals surface area (Å²) >= 11 is 6.21. The van der Waals surface area contributed by atoms with Gasteiger partial charge in [-0.25, -0.2) is 0 Å². The number of aryl methyl sites for hydroxylation is 1. The fourth-order valence-corrected chi connectivity index (χ4v) is 4.67. The van der Waals surface area contributed by atoms with Crippen molar-refractivity contribution >= 4 is 28.4 Å². The topological polar surface area (TPSA) is 76.7 Å². The molecule has 2 aromatic heterocycles. The highest BCUT2D eigenvalue weighted by Crippen LogP contribution is 2.32. The van der Waals surface area contributed by atoms with Crippen LogP contribution >= 0.6 is 11.6 Å². The van der Waals surface area contributed by atoms with Gasteiger partial charge in [0, 0.05) is 47.8 Å². The van der Waals surface area contributed by atoms with Gasteiger partial charge in [0.05, 0.1) is 20.3 Å². The fraction of sp³-hybridized carbons (Fsp3) is 0.286. The molecule has 0 radical (unpaired) electrons. The molecule has 2 aromatic carbocycles. The van der Waals surface area contributed by atoms with Crippen molar-refractivity contribution in [1.29, 1.82) is 0 Å². The van der Waals surface area contributed by atoms with Crippen LogP contribution in [0.2, 0.25) is 5.02 Å². The Labute approximate surface area is 214 Å². The van der Waals surface area contributed by atoms with Gasteiger partial charge in [-0.2, -0.15) is 0 Å². The lowest BCUT2D eigenvalue weighted by molar-refractivity contribution is 0.0724. The number of ether oxygens (including phenoxy) is 3. The van der Waals surface area contributed by atoms with Crippen LogP contribution in [0.15, 0.2) is 60.9 Å². The number of methoxy groups -OCH3 is 1. The Bertz CT molecular complexity index is 1370. The Balaban J connectivity index is 1.45. The molecule has 186 valence electrons. The number of fused-ring (bicyclic) bond motifs is 1. The number of amides is 1. The lowest BCUT2D eigenvalue weighted by Gasteiger charge is -2.24. The van der Waals surface area contributed by atoms with E-state index in [9.17, 15) is 4.79 Å². The minimum Gasteiger partial charge on any atom is -0.493 e. The molecule has 0 spiro atoms. The Hall–Kier alpha value is -3.55. The molecule has 0 unspecified atom stereocenters. The molecule has 1 saturated heterocycles. The van der Waals surface area contributed by atoms with Crippen LogP contribution in [0.3, 0.4) is 0 Å². The average Bonchev–Trinajstić information content (AvgIpc) is 3.52. The monoisotopic (exact) mass is 505 g/mol. The summed E-state index contributed by atoms with van der Waals surface area (Å²) in [6, 6.07) is 15.2. The van der Waals surface area contributed by atoms with Crippen molar-refractivity contribution in [2.75, 3.05) is 20.3 Å². The number of nitrogens with zero attached hydrogens (tertiary/aromatic N) is 2. The molecular formula is C28H28ClN3O4. The lowest BCUT2D eigenvalue weighted by Crippen LogP contribution is -2.31. The smallest absolute Gasteiger partial charge is 0.271 e. The molecule has 1 aliphatic rings. The number of carbonyl (C=O) groups excluding carboxylic acids is 1. The molecule has 3 heterocycles. The van der Waals surface area contributed by atoms with Gasteiger partial charge in [0.25, 0.3) is 5.91 Å². The van der Waals surface area contributed by atoms with Crippen molar-refractivity contribution in [3.63, 3.8) is 0 Å². The van der Waals surface area contributed by atoms with E-state index in [-0.39, 0.29) is 12.0 Å². The van der Waals surface area contributed by atoms with Crippen molar-refractivity contribution in [3.05, 3.63) is 88.3 Å². The van der Waals surface area contributed by atoms with Crippen molar-refractivity contribution < 1.29 is 19.0 Å². The lowest BCUT2D eigenvalue weighted by atomic mass is 10.1. The van der Waals surface area contributed by atoms with Gasteiger partial charge in [-0.05, 0) is 60.0 Å². The first kappa shape index (κ1) is 24.2. The van der Waals surface area contributed by atoms with Crippen LogP contribution in [0.25, 0.3) is 10.9 Å². The maximum atomic E-state index is 13.9. The summed E-state index contributed by atoms with van der Waals surface area (Å²) in [5.74, 6) is 1.20. The number of pyridine rings is 1. The van der Waals surface area contributed by atoms with Gasteiger partial charge in [0.1, 0.15) is 11.8 Å². The fourth-order valence-electron chi connectivity index (χ4n) is 4.50. The molecule has 1 atom stereocenters. The van der Waals surface area contributed by atoms with E-state index in [1.165, 1.54) is 0 Å². The van der Waals surface area contributed by atoms with E-state index >= 15 is 0 Å². The normalized spacial score (nSPS) is 15.2. The first-order valence-electron chi connectivity index (χ1n) is 11.9. The van der Waals surface area contributed by atoms with Crippen LogP contribution in [0.4, 0.5) is 0 Å². The van der Waals surface area contributed by atoms with Crippen molar-refractivity contribution in [2.45, 2.75) is 32.5 Å². The van der Waals surface area contributed by atoms with Gasteiger partial charge >= 0.3 is 0 Å². The summed E-state index contributed by atoms with van der Waals surface area (Å²) in [5.41, 5.74) is 4.16. The SMILES string of the molecule is COc1cc(CN(Cc2cccnc2)C(=O)c2[nH]c3ccc(Cl)cc3c2C)ccc1O[C@H]1CCOC1. The molecule has 1 fully saturated rings. The number of benzene rings is 2. The zero-order valence-electron chi connectivity index (χ0n) is 20.3. The van der Waals surface area contributed by atoms with Gasteiger partial charge in [-0.1, -0.05) is 23.7 Å². The number of hydrogen-bond acceptors (Lipinski definition) is 5. The highest BCUT2D eigenvalue weighted by Gasteiger charge is 2.23. The highest BCUT2D eigenvalue weighted by molar-refractivity contribution is 6.31. The van der Waals surface area contributed by atoms with E-state index in [0.717, 1.165) is 34.0 Å². The van der Waals surface area contributed by atoms with E-state index in [1.54, 1.807) is 24.4 Å². The van der Waals surface area contributed by atoms with Crippen LogP contribution in [0, 0.1) is 6.92 Å². The Morgan fingerprint density at radius 3 is 2.78 bits per heavy atom. The molecule has 4 aromatic rings. The summed E-state index contributed by atoms with van der Waals surface area (Å²) in [5, 5.41) is 1.57. The van der Waals surface area contributed by atoms with Crippen molar-refractivity contribution in [2.24, 2.45) is 0 Å². The summed E-state index contributed by atoms with van der Waals surface area (Å²) in [7, 11) is 1.62. The Morgan fingerprint density at radius 2 is 2.03 bits per heavy atom. The molecule has 1 amide bonds. The third kappa shape index (κ3) is 5.17. The van der Waals surface area contributed by atoms with Crippen molar-refractivity contribution in [1.82, 2.24) is 14.9 Å². The first-order chi connectivity index (χ1) is 17.5. The van der Waals surface area contributed by atoms with Crippen LogP contribution in [-0.2, 0) is 17.8 Å². The Morgan fingerprint density at radius 1 is 1.17 bits per heavy atom. The number of aromatic nitrogens is 2. The van der Waals surface area contributed by atoms with E-state index in [2.05, 4.69) is 9.97 Å². The first-order valence-corrected chi connectivity index (χ1v) is 12.3. The predicted molar refractivity (Wildman–Crippen MR) is 139 cm³/mol. The standard InChI is InChI=1S/C28H28ClN3O4/c1-18-23-13-21(29)6-7-24(23)31-27(18)28(33)32(16-20-4-3-10-30-14-20)15-19-5-8-25(26(12-19)34-2)36-22-9-11-35-17-22/h3-8,10,12-14,22,31H,9,11,15-17H2,1-2H3/t22-/m0/s1. The molecule has 0 aliphatic carbocycles. The summed E-state index contributed by atoms with van der Waals surface area (Å²) in [4.78, 5) is 23.2. The zero-order chi connectivity index (χ0) is 25.1. The Kier molecular flexibility index (Phi) is 7.11. The number of nitrogens with one attached hydrogen (secondary N) is 1. The van der Waals surface area contributed by atoms with Crippen molar-refractivity contribution in [3.8, 4) is 11.5 Å². The molecule has 5 rings (SSSR count). The molecule has 0 saturated carbocycles. The summed E-state index contributed by atoms with van der Waals surface area (Å²) in [6.45, 7) is 4.00. The van der Waals surface area contributed by atoms with Gasteiger partial charge < -0.3 is 24.1 Å². The maximum absolute atomic E-state index is 13.9. The second kappa shape index (κ2) is 10.6. The second-order valence-electron chi connectivity index (χ2n) is 8.93. The number of aromatic amines is 1. The quantitative estimate of drug-likeness (QED) is 0.340. The van der Waals surface area contributed by atoms with Gasteiger partial charge in [-0.15, -0.1) is 0 Å². The maximum Gasteiger partial charge on any atom is 0.271 e. The van der Waals surface area contributed by atoms with Gasteiger partial charge in [-0.3, -0.25) is 9.78 Å². The second-order valence-corrected chi connectivity index (χ2v) is 9.36. The van der Waals surface area contributed by atoms with Gasteiger partial charge in [0.15, 0.2) is 11.5 Å². The third-order valence-corrected chi connectivity index (χ3v) is 6.64. The average molecular weight is 506 g/mol. The van der Waals surface area contributed by atoms with E-state index in [0.29, 0.717) is 48.5 Å². The largest absolute Gasteiger partial charge is 0.493 e. The number of H-pyrrole nitrogens is 1. The summed E-state index contributed by atoms with van der Waals surface area (Å²) < 4.78 is 17.1. The van der Waals surface area contributed by atoms with E-state index in [4.69, 9.17) is 25.8 Å². The number of rotatable bonds is 8. The third-order valence-electron chi connectivity index (χ3n) is 6.40.